The summed E-state index contributed by atoms with van der Waals surface area (Å²) in [6, 6.07) is 3.84. The number of amides is 1. The molecule has 3 heterocycles. The predicted molar refractivity (Wildman–Crippen MR) is 86.0 cm³/mol. The summed E-state index contributed by atoms with van der Waals surface area (Å²) in [4.78, 5) is 15.0. The molecule has 0 aromatic carbocycles. The number of aromatic nitrogens is 3. The van der Waals surface area contributed by atoms with Crippen molar-refractivity contribution in [3.63, 3.8) is 0 Å². The van der Waals surface area contributed by atoms with Crippen molar-refractivity contribution in [2.24, 2.45) is 13.0 Å². The second kappa shape index (κ2) is 5.23. The van der Waals surface area contributed by atoms with Crippen LogP contribution in [0.1, 0.15) is 30.3 Å². The van der Waals surface area contributed by atoms with Gasteiger partial charge < -0.3 is 14.2 Å². The van der Waals surface area contributed by atoms with Crippen LogP contribution in [-0.2, 0) is 11.8 Å². The van der Waals surface area contributed by atoms with Crippen molar-refractivity contribution in [3.8, 4) is 11.3 Å². The number of rotatable bonds is 3. The van der Waals surface area contributed by atoms with Crippen LogP contribution in [0, 0.1) is 5.92 Å². The van der Waals surface area contributed by atoms with E-state index in [2.05, 4.69) is 17.1 Å². The number of morpholine rings is 1. The van der Waals surface area contributed by atoms with E-state index >= 15 is 0 Å². The number of carbonyl (C=O) groups excluding carboxylic acids is 1. The minimum Gasteiger partial charge on any atom is -0.377 e. The number of hydrogen-bond donors (Lipinski definition) is 1. The van der Waals surface area contributed by atoms with Gasteiger partial charge in [-0.25, -0.2) is 0 Å². The molecule has 2 aromatic rings. The molecule has 1 aliphatic carbocycles. The Balaban J connectivity index is 1.60. The number of nitrogens with zero attached hydrogens (tertiary/aromatic N) is 3. The topological polar surface area (TPSA) is 63.1 Å². The molecule has 1 aliphatic heterocycles. The van der Waals surface area contributed by atoms with Crippen molar-refractivity contribution in [2.75, 3.05) is 19.8 Å². The fourth-order valence-electron chi connectivity index (χ4n) is 3.52. The number of H-pyrrole nitrogens is 1. The molecule has 6 heteroatoms. The molecule has 1 saturated carbocycles. The monoisotopic (exact) mass is 314 g/mol. The van der Waals surface area contributed by atoms with Gasteiger partial charge in [0.05, 0.1) is 24.4 Å². The Bertz CT molecular complexity index is 731. The van der Waals surface area contributed by atoms with Crippen LogP contribution >= 0.6 is 0 Å². The van der Waals surface area contributed by atoms with Gasteiger partial charge in [-0.15, -0.1) is 0 Å². The number of aromatic amines is 1. The van der Waals surface area contributed by atoms with E-state index in [9.17, 15) is 4.79 Å². The van der Waals surface area contributed by atoms with E-state index in [1.54, 1.807) is 0 Å². The first kappa shape index (κ1) is 14.5. The molecule has 1 atom stereocenters. The second-order valence-corrected chi connectivity index (χ2v) is 6.87. The molecular weight excluding hydrogens is 292 g/mol. The summed E-state index contributed by atoms with van der Waals surface area (Å²) in [6.07, 6.45) is 6.33. The maximum atomic E-state index is 13.0. The maximum Gasteiger partial charge on any atom is 0.272 e. The van der Waals surface area contributed by atoms with Gasteiger partial charge in [-0.3, -0.25) is 9.89 Å². The molecule has 2 fully saturated rings. The summed E-state index contributed by atoms with van der Waals surface area (Å²) in [5.74, 6) is 0.584. The van der Waals surface area contributed by atoms with Crippen molar-refractivity contribution in [1.82, 2.24) is 19.7 Å². The number of nitrogens with one attached hydrogen (secondary N) is 1. The van der Waals surface area contributed by atoms with E-state index in [0.29, 0.717) is 31.4 Å². The molecule has 1 amide bonds. The van der Waals surface area contributed by atoms with Crippen LogP contribution in [0.3, 0.4) is 0 Å². The number of carbonyl (C=O) groups is 1. The third-order valence-electron chi connectivity index (χ3n) is 5.11. The lowest BCUT2D eigenvalue weighted by Crippen LogP contribution is -2.58. The molecule has 0 radical (unpaired) electrons. The van der Waals surface area contributed by atoms with Gasteiger partial charge in [0, 0.05) is 31.5 Å². The van der Waals surface area contributed by atoms with Crippen LogP contribution in [0.5, 0.6) is 0 Å². The average Bonchev–Trinajstić information content (AvgIpc) is 3.14. The van der Waals surface area contributed by atoms with E-state index < -0.39 is 0 Å². The van der Waals surface area contributed by atoms with E-state index in [4.69, 9.17) is 4.74 Å². The quantitative estimate of drug-likeness (QED) is 0.943. The zero-order valence-corrected chi connectivity index (χ0v) is 13.6. The largest absolute Gasteiger partial charge is 0.377 e. The van der Waals surface area contributed by atoms with Crippen molar-refractivity contribution < 1.29 is 9.53 Å². The van der Waals surface area contributed by atoms with Gasteiger partial charge in [0.1, 0.15) is 5.69 Å². The maximum absolute atomic E-state index is 13.0. The Morgan fingerprint density at radius 2 is 2.30 bits per heavy atom. The fourth-order valence-corrected chi connectivity index (χ4v) is 3.52. The minimum atomic E-state index is -0.187. The first-order valence-corrected chi connectivity index (χ1v) is 8.15. The number of aryl methyl sites for hydroxylation is 1. The summed E-state index contributed by atoms with van der Waals surface area (Å²) < 4.78 is 7.63. The zero-order valence-electron chi connectivity index (χ0n) is 13.6. The average molecular weight is 314 g/mol. The molecule has 23 heavy (non-hydrogen) atoms. The summed E-state index contributed by atoms with van der Waals surface area (Å²) in [5, 5.41) is 7.22. The second-order valence-electron chi connectivity index (χ2n) is 6.87. The smallest absolute Gasteiger partial charge is 0.272 e. The first-order valence-electron chi connectivity index (χ1n) is 8.15. The molecule has 122 valence electrons. The molecule has 1 unspecified atom stereocenters. The Labute approximate surface area is 135 Å². The van der Waals surface area contributed by atoms with Gasteiger partial charge in [-0.05, 0) is 37.8 Å². The van der Waals surface area contributed by atoms with Gasteiger partial charge in [-0.2, -0.15) is 5.10 Å². The Hall–Kier alpha value is -2.08. The Morgan fingerprint density at radius 1 is 1.48 bits per heavy atom. The van der Waals surface area contributed by atoms with Gasteiger partial charge >= 0.3 is 0 Å². The Kier molecular flexibility index (Phi) is 3.30. The standard InChI is InChI=1S/C17H22N4O2/c1-17(13-3-4-13)11-23-8-7-21(17)16(22)15-9-14(18-19-15)12-5-6-20(2)10-12/h5-6,9-10,13H,3-4,7-8,11H2,1-2H3,(H,18,19). The lowest BCUT2D eigenvalue weighted by atomic mass is 9.92. The highest BCUT2D eigenvalue weighted by Crippen LogP contribution is 2.44. The Morgan fingerprint density at radius 3 is 3.00 bits per heavy atom. The fraction of sp³-hybridized carbons (Fsp3) is 0.529. The van der Waals surface area contributed by atoms with Gasteiger partial charge in [0.25, 0.3) is 5.91 Å². The lowest BCUT2D eigenvalue weighted by Gasteiger charge is -2.44. The summed E-state index contributed by atoms with van der Waals surface area (Å²) in [6.45, 7) is 4.03. The molecule has 0 bridgehead atoms. The molecule has 0 spiro atoms. The first-order chi connectivity index (χ1) is 11.1. The zero-order chi connectivity index (χ0) is 16.0. The normalized spacial score (nSPS) is 24.9. The van der Waals surface area contributed by atoms with Gasteiger partial charge in [0.15, 0.2) is 0 Å². The predicted octanol–water partition coefficient (Wildman–Crippen LogP) is 2.06. The molecule has 1 N–H and O–H groups in total. The third-order valence-corrected chi connectivity index (χ3v) is 5.11. The van der Waals surface area contributed by atoms with Crippen LogP contribution in [0.15, 0.2) is 24.5 Å². The van der Waals surface area contributed by atoms with Crippen LogP contribution in [0.4, 0.5) is 0 Å². The van der Waals surface area contributed by atoms with E-state index in [1.807, 2.05) is 41.0 Å². The van der Waals surface area contributed by atoms with Crippen molar-refractivity contribution >= 4 is 5.91 Å². The molecule has 6 nitrogen and oxygen atoms in total. The van der Waals surface area contributed by atoms with Crippen molar-refractivity contribution in [3.05, 3.63) is 30.2 Å². The molecule has 1 saturated heterocycles. The molecule has 2 aliphatic rings. The number of ether oxygens (including phenoxy) is 1. The number of hydrogen-bond acceptors (Lipinski definition) is 3. The highest BCUT2D eigenvalue weighted by atomic mass is 16.5. The van der Waals surface area contributed by atoms with E-state index in [0.717, 1.165) is 11.3 Å². The minimum absolute atomic E-state index is 0.0254. The summed E-state index contributed by atoms with van der Waals surface area (Å²) >= 11 is 0. The highest BCUT2D eigenvalue weighted by molar-refractivity contribution is 5.94. The van der Waals surface area contributed by atoms with Crippen LogP contribution in [-0.4, -0.2) is 50.9 Å². The van der Waals surface area contributed by atoms with Gasteiger partial charge in [0.2, 0.25) is 0 Å². The third kappa shape index (κ3) is 2.47. The molecular formula is C17H22N4O2. The van der Waals surface area contributed by atoms with E-state index in [1.165, 1.54) is 12.8 Å². The summed E-state index contributed by atoms with van der Waals surface area (Å²) in [5.41, 5.74) is 2.18. The van der Waals surface area contributed by atoms with Crippen molar-refractivity contribution in [1.29, 1.82) is 0 Å². The highest BCUT2D eigenvalue weighted by Gasteiger charge is 2.49. The van der Waals surface area contributed by atoms with Crippen LogP contribution in [0.25, 0.3) is 11.3 Å². The summed E-state index contributed by atoms with van der Waals surface area (Å²) in [7, 11) is 1.97. The van der Waals surface area contributed by atoms with Crippen LogP contribution < -0.4 is 0 Å². The molecule has 4 rings (SSSR count). The van der Waals surface area contributed by atoms with Crippen molar-refractivity contribution in [2.45, 2.75) is 25.3 Å². The van der Waals surface area contributed by atoms with Gasteiger partial charge in [-0.1, -0.05) is 0 Å². The SMILES string of the molecule is Cn1ccc(-c2cc(C(=O)N3CCOCC3(C)C3CC3)[nH]n2)c1. The van der Waals surface area contributed by atoms with E-state index in [-0.39, 0.29) is 11.4 Å². The molecule has 2 aromatic heterocycles. The lowest BCUT2D eigenvalue weighted by molar-refractivity contribution is -0.0549. The van der Waals surface area contributed by atoms with Crippen LogP contribution in [0.2, 0.25) is 0 Å².